The highest BCUT2D eigenvalue weighted by Crippen LogP contribution is 2.22. The van der Waals surface area contributed by atoms with Crippen molar-refractivity contribution in [2.24, 2.45) is 0 Å². The minimum Gasteiger partial charge on any atom is -0.305 e. The van der Waals surface area contributed by atoms with Crippen LogP contribution in [-0.2, 0) is 0 Å². The maximum absolute atomic E-state index is 2.27. The second-order valence-corrected chi connectivity index (χ2v) is 7.05. The first-order valence-electron chi connectivity index (χ1n) is 9.16. The van der Waals surface area contributed by atoms with Crippen LogP contribution in [0.25, 0.3) is 5.47 Å². The molecule has 3 aromatic rings. The van der Waals surface area contributed by atoms with E-state index in [1.165, 1.54) is 27.5 Å². The van der Waals surface area contributed by atoms with Crippen LogP contribution in [0.3, 0.4) is 0 Å². The molecule has 0 saturated carbocycles. The highest BCUT2D eigenvalue weighted by atomic mass is 15.0. The number of benzene rings is 3. The quantitative estimate of drug-likeness (QED) is 0.616. The van der Waals surface area contributed by atoms with Gasteiger partial charge in [-0.2, -0.15) is 0 Å². The van der Waals surface area contributed by atoms with E-state index >= 15 is 0 Å². The van der Waals surface area contributed by atoms with Crippen molar-refractivity contribution in [3.63, 3.8) is 0 Å². The van der Waals surface area contributed by atoms with Gasteiger partial charge in [-0.15, -0.1) is 0 Å². The molecule has 0 atom stereocenters. The van der Waals surface area contributed by atoms with Crippen LogP contribution in [0.2, 0.25) is 0 Å². The molecule has 0 saturated heterocycles. The Bertz CT molecular complexity index is 800. The third-order valence-electron chi connectivity index (χ3n) is 4.65. The molecule has 0 radical (unpaired) electrons. The van der Waals surface area contributed by atoms with E-state index in [1.807, 2.05) is 0 Å². The van der Waals surface area contributed by atoms with Gasteiger partial charge in [-0.05, 0) is 26.6 Å². The van der Waals surface area contributed by atoms with Gasteiger partial charge in [0, 0.05) is 6.54 Å². The van der Waals surface area contributed by atoms with Gasteiger partial charge in [0.25, 0.3) is 0 Å². The zero-order valence-corrected chi connectivity index (χ0v) is 15.9. The molecule has 0 aliphatic heterocycles. The molecular formula is C24H26BN. The first kappa shape index (κ1) is 18.2. The minimum atomic E-state index is 0.222. The summed E-state index contributed by atoms with van der Waals surface area (Å²) < 4.78 is 0. The lowest BCUT2D eigenvalue weighted by Crippen LogP contribution is -2.44. The highest BCUT2D eigenvalue weighted by Gasteiger charge is 2.26. The molecular weight excluding hydrogens is 313 g/mol. The number of rotatable bonds is 6. The van der Waals surface area contributed by atoms with E-state index in [1.54, 1.807) is 0 Å². The molecule has 1 nitrogen and oxygen atoms in total. The van der Waals surface area contributed by atoms with Gasteiger partial charge in [0.2, 0.25) is 6.71 Å². The van der Waals surface area contributed by atoms with Crippen LogP contribution in [0.5, 0.6) is 0 Å². The highest BCUT2D eigenvalue weighted by molar-refractivity contribution is 6.99. The Morgan fingerprint density at radius 1 is 0.692 bits per heavy atom. The van der Waals surface area contributed by atoms with Crippen LogP contribution in [0.1, 0.15) is 12.5 Å². The fourth-order valence-corrected chi connectivity index (χ4v) is 3.65. The van der Waals surface area contributed by atoms with Crippen molar-refractivity contribution in [2.45, 2.75) is 6.92 Å². The average Bonchev–Trinajstić information content (AvgIpc) is 2.67. The Balaban J connectivity index is 2.23. The van der Waals surface area contributed by atoms with Crippen LogP contribution < -0.4 is 10.9 Å². The molecule has 0 fully saturated rings. The van der Waals surface area contributed by atoms with Crippen LogP contribution in [0.15, 0.2) is 96.6 Å². The van der Waals surface area contributed by atoms with Crippen molar-refractivity contribution in [1.82, 2.24) is 4.90 Å². The molecule has 3 rings (SSSR count). The lowest BCUT2D eigenvalue weighted by atomic mass is 9.34. The van der Waals surface area contributed by atoms with Gasteiger partial charge >= 0.3 is 0 Å². The van der Waals surface area contributed by atoms with E-state index in [0.717, 1.165) is 6.54 Å². The van der Waals surface area contributed by atoms with E-state index in [9.17, 15) is 0 Å². The standard InChI is InChI=1S/C24H26BN/c1-20(19-26(2)3)24(21-13-7-4-8-14-21)25(22-15-9-5-10-16-22)23-17-11-6-12-18-23/h4-18H,19H2,1-3H3/b24-20-. The van der Waals surface area contributed by atoms with Crippen LogP contribution in [0, 0.1) is 0 Å². The summed E-state index contributed by atoms with van der Waals surface area (Å²) in [5, 5.41) is 0. The summed E-state index contributed by atoms with van der Waals surface area (Å²) in [6.45, 7) is 3.43. The lowest BCUT2D eigenvalue weighted by molar-refractivity contribution is 0.446. The Labute approximate surface area is 158 Å². The summed E-state index contributed by atoms with van der Waals surface area (Å²) in [5.41, 5.74) is 6.76. The van der Waals surface area contributed by atoms with Gasteiger partial charge in [0.15, 0.2) is 0 Å². The van der Waals surface area contributed by atoms with Gasteiger partial charge in [-0.25, -0.2) is 0 Å². The van der Waals surface area contributed by atoms with Crippen LogP contribution >= 0.6 is 0 Å². The molecule has 2 heteroatoms. The number of likely N-dealkylation sites (N-methyl/N-ethyl adjacent to an activating group) is 1. The predicted molar refractivity (Wildman–Crippen MR) is 115 cm³/mol. The van der Waals surface area contributed by atoms with Gasteiger partial charge in [0.1, 0.15) is 0 Å². The molecule has 3 aromatic carbocycles. The third kappa shape index (κ3) is 4.33. The van der Waals surface area contributed by atoms with E-state index in [0.29, 0.717) is 0 Å². The summed E-state index contributed by atoms with van der Waals surface area (Å²) in [5.74, 6) is 0. The largest absolute Gasteiger partial charge is 0.305 e. The van der Waals surface area contributed by atoms with Crippen molar-refractivity contribution in [3.8, 4) is 0 Å². The number of nitrogens with zero attached hydrogens (tertiary/aromatic N) is 1. The summed E-state index contributed by atoms with van der Waals surface area (Å²) >= 11 is 0. The summed E-state index contributed by atoms with van der Waals surface area (Å²) in [6.07, 6.45) is 0. The Hall–Kier alpha value is -2.58. The Morgan fingerprint density at radius 3 is 1.54 bits per heavy atom. The maximum Gasteiger partial charge on any atom is 0.241 e. The molecule has 0 aromatic heterocycles. The van der Waals surface area contributed by atoms with Crippen LogP contribution in [0.4, 0.5) is 0 Å². The van der Waals surface area contributed by atoms with Crippen molar-refractivity contribution in [3.05, 3.63) is 102 Å². The average molecular weight is 339 g/mol. The molecule has 0 amide bonds. The van der Waals surface area contributed by atoms with Crippen LogP contribution in [-0.4, -0.2) is 32.3 Å². The van der Waals surface area contributed by atoms with Gasteiger partial charge < -0.3 is 4.90 Å². The fraction of sp³-hybridized carbons (Fsp3) is 0.167. The minimum absolute atomic E-state index is 0.222. The summed E-state index contributed by atoms with van der Waals surface area (Å²) in [7, 11) is 4.26. The molecule has 130 valence electrons. The molecule has 0 N–H and O–H groups in total. The monoisotopic (exact) mass is 339 g/mol. The Morgan fingerprint density at radius 2 is 1.12 bits per heavy atom. The fourth-order valence-electron chi connectivity index (χ4n) is 3.65. The Kier molecular flexibility index (Phi) is 6.09. The van der Waals surface area contributed by atoms with E-state index in [-0.39, 0.29) is 6.71 Å². The number of hydrogen-bond donors (Lipinski definition) is 0. The third-order valence-corrected chi connectivity index (χ3v) is 4.65. The van der Waals surface area contributed by atoms with Crippen molar-refractivity contribution >= 4 is 23.1 Å². The normalized spacial score (nSPS) is 12.0. The topological polar surface area (TPSA) is 3.24 Å². The van der Waals surface area contributed by atoms with Gasteiger partial charge in [-0.1, -0.05) is 113 Å². The first-order chi connectivity index (χ1) is 12.7. The van der Waals surface area contributed by atoms with E-state index in [2.05, 4.69) is 117 Å². The molecule has 0 unspecified atom stereocenters. The molecule has 0 aliphatic rings. The summed E-state index contributed by atoms with van der Waals surface area (Å²) in [4.78, 5) is 2.24. The van der Waals surface area contributed by atoms with Crippen molar-refractivity contribution in [1.29, 1.82) is 0 Å². The second-order valence-electron chi connectivity index (χ2n) is 7.05. The lowest BCUT2D eigenvalue weighted by Gasteiger charge is -2.23. The SMILES string of the molecule is C/C(CN(C)C)=C(/B(c1ccccc1)c1ccccc1)c1ccccc1. The molecule has 26 heavy (non-hydrogen) atoms. The van der Waals surface area contributed by atoms with Crippen molar-refractivity contribution < 1.29 is 0 Å². The smallest absolute Gasteiger partial charge is 0.241 e. The van der Waals surface area contributed by atoms with Gasteiger partial charge in [0.05, 0.1) is 0 Å². The van der Waals surface area contributed by atoms with Crippen molar-refractivity contribution in [2.75, 3.05) is 20.6 Å². The predicted octanol–water partition coefficient (Wildman–Crippen LogP) is 3.87. The second kappa shape index (κ2) is 8.69. The van der Waals surface area contributed by atoms with E-state index in [4.69, 9.17) is 0 Å². The maximum atomic E-state index is 2.27. The number of hydrogen-bond acceptors (Lipinski definition) is 1. The molecule has 0 spiro atoms. The zero-order valence-electron chi connectivity index (χ0n) is 15.9. The van der Waals surface area contributed by atoms with E-state index < -0.39 is 0 Å². The molecule has 0 aliphatic carbocycles. The molecule has 0 heterocycles. The zero-order chi connectivity index (χ0) is 18.4. The first-order valence-corrected chi connectivity index (χ1v) is 9.16. The molecule has 0 bridgehead atoms. The summed E-state index contributed by atoms with van der Waals surface area (Å²) in [6, 6.07) is 32.5. The van der Waals surface area contributed by atoms with Gasteiger partial charge in [-0.3, -0.25) is 0 Å².